The molecular formula is C8H15IO6. The molecule has 1 heterocycles. The van der Waals surface area contributed by atoms with Crippen molar-refractivity contribution >= 4 is 22.6 Å². The second-order valence-corrected chi connectivity index (χ2v) is 5.13. The van der Waals surface area contributed by atoms with Crippen LogP contribution in [0.3, 0.4) is 0 Å². The summed E-state index contributed by atoms with van der Waals surface area (Å²) in [5, 5.41) is 37.3. The summed E-state index contributed by atoms with van der Waals surface area (Å²) in [6.45, 7) is 1.29. The molecule has 4 N–H and O–H groups in total. The van der Waals surface area contributed by atoms with E-state index in [2.05, 4.69) is 0 Å². The molecule has 0 bridgehead atoms. The Balaban J connectivity index is 2.65. The van der Waals surface area contributed by atoms with Gasteiger partial charge in [-0.1, -0.05) is 22.6 Å². The van der Waals surface area contributed by atoms with Gasteiger partial charge in [-0.05, 0) is 6.92 Å². The monoisotopic (exact) mass is 330 g/mol. The zero-order chi connectivity index (χ0) is 11.6. The van der Waals surface area contributed by atoms with Crippen LogP contribution in [0.4, 0.5) is 0 Å². The minimum absolute atomic E-state index is 0.218. The molecule has 0 aromatic carbocycles. The van der Waals surface area contributed by atoms with E-state index in [1.54, 1.807) is 6.92 Å². The van der Waals surface area contributed by atoms with Gasteiger partial charge in [-0.15, -0.1) is 0 Å². The zero-order valence-electron chi connectivity index (χ0n) is 8.15. The number of aliphatic hydroxyl groups excluding tert-OH is 4. The quantitative estimate of drug-likeness (QED) is 0.375. The predicted molar refractivity (Wildman–Crippen MR) is 58.3 cm³/mol. The maximum Gasteiger partial charge on any atom is 0.187 e. The van der Waals surface area contributed by atoms with Crippen molar-refractivity contribution in [3.63, 3.8) is 0 Å². The summed E-state index contributed by atoms with van der Waals surface area (Å²) >= 11 is 1.97. The lowest BCUT2D eigenvalue weighted by molar-refractivity contribution is -0.301. The second kappa shape index (κ2) is 5.71. The number of rotatable bonds is 3. The Hall–Kier alpha value is 0.490. The van der Waals surface area contributed by atoms with E-state index in [1.165, 1.54) is 0 Å². The SMILES string of the molecule is CC([123I])OC1O[C@H](CO)[C@H](O)[C@H](O)[C@H]1O. The number of hydrogen-bond donors (Lipinski definition) is 4. The van der Waals surface area contributed by atoms with Crippen molar-refractivity contribution in [2.45, 2.75) is 41.7 Å². The van der Waals surface area contributed by atoms with E-state index >= 15 is 0 Å². The largest absolute Gasteiger partial charge is 0.394 e. The second-order valence-electron chi connectivity index (χ2n) is 3.38. The van der Waals surface area contributed by atoms with Crippen molar-refractivity contribution in [2.75, 3.05) is 6.61 Å². The zero-order valence-corrected chi connectivity index (χ0v) is 10.3. The van der Waals surface area contributed by atoms with E-state index in [-0.39, 0.29) is 4.11 Å². The number of hydrogen-bond acceptors (Lipinski definition) is 6. The van der Waals surface area contributed by atoms with Gasteiger partial charge in [-0.25, -0.2) is 0 Å². The van der Waals surface area contributed by atoms with Crippen LogP contribution in [0.25, 0.3) is 0 Å². The van der Waals surface area contributed by atoms with Crippen LogP contribution >= 0.6 is 22.6 Å². The smallest absolute Gasteiger partial charge is 0.187 e. The van der Waals surface area contributed by atoms with Gasteiger partial charge in [0.1, 0.15) is 28.5 Å². The van der Waals surface area contributed by atoms with Gasteiger partial charge in [-0.3, -0.25) is 0 Å². The first kappa shape index (κ1) is 13.6. The van der Waals surface area contributed by atoms with Crippen LogP contribution < -0.4 is 0 Å². The van der Waals surface area contributed by atoms with Gasteiger partial charge in [0.2, 0.25) is 0 Å². The summed E-state index contributed by atoms with van der Waals surface area (Å²) in [4.78, 5) is 0. The first-order chi connectivity index (χ1) is 6.97. The molecule has 0 saturated carbocycles. The van der Waals surface area contributed by atoms with Gasteiger partial charge in [-0.2, -0.15) is 0 Å². The summed E-state index contributed by atoms with van der Waals surface area (Å²) in [5.74, 6) is 0. The Labute approximate surface area is 101 Å². The molecule has 1 aliphatic heterocycles. The fourth-order valence-corrected chi connectivity index (χ4v) is 1.65. The van der Waals surface area contributed by atoms with Crippen LogP contribution in [-0.4, -0.2) is 61.8 Å². The van der Waals surface area contributed by atoms with Crippen LogP contribution in [0.1, 0.15) is 6.92 Å². The minimum Gasteiger partial charge on any atom is -0.394 e. The van der Waals surface area contributed by atoms with Crippen molar-refractivity contribution in [1.82, 2.24) is 0 Å². The van der Waals surface area contributed by atoms with E-state index in [4.69, 9.17) is 14.6 Å². The molecule has 0 aliphatic carbocycles. The molecule has 15 heavy (non-hydrogen) atoms. The molecule has 6 nitrogen and oxygen atoms in total. The summed E-state index contributed by atoms with van der Waals surface area (Å²) in [7, 11) is 0. The predicted octanol–water partition coefficient (Wildman–Crippen LogP) is -1.42. The fourth-order valence-electron chi connectivity index (χ4n) is 1.36. The van der Waals surface area contributed by atoms with Gasteiger partial charge in [0.15, 0.2) is 6.29 Å². The van der Waals surface area contributed by atoms with Crippen molar-refractivity contribution in [3.8, 4) is 0 Å². The highest BCUT2D eigenvalue weighted by Gasteiger charge is 2.44. The maximum absolute atomic E-state index is 9.53. The van der Waals surface area contributed by atoms with E-state index < -0.39 is 37.3 Å². The molecule has 90 valence electrons. The highest BCUT2D eigenvalue weighted by Crippen LogP contribution is 2.23. The third-order valence-corrected chi connectivity index (χ3v) is 2.46. The summed E-state index contributed by atoms with van der Waals surface area (Å²) < 4.78 is 10.1. The molecule has 0 amide bonds. The van der Waals surface area contributed by atoms with Crippen LogP contribution in [0.2, 0.25) is 0 Å². The lowest BCUT2D eigenvalue weighted by Crippen LogP contribution is -2.59. The Kier molecular flexibility index (Phi) is 5.16. The summed E-state index contributed by atoms with van der Waals surface area (Å²) in [6, 6.07) is 0. The molecule has 0 spiro atoms. The molecule has 6 atom stereocenters. The molecule has 0 radical (unpaired) electrons. The molecule has 1 rings (SSSR count). The minimum atomic E-state index is -1.38. The topological polar surface area (TPSA) is 99.4 Å². The van der Waals surface area contributed by atoms with Crippen LogP contribution in [-0.2, 0) is 9.47 Å². The number of aliphatic hydroxyl groups is 4. The van der Waals surface area contributed by atoms with Crippen molar-refractivity contribution < 1.29 is 29.9 Å². The van der Waals surface area contributed by atoms with E-state index in [0.29, 0.717) is 0 Å². The number of halogens is 1. The van der Waals surface area contributed by atoms with E-state index in [0.717, 1.165) is 0 Å². The third-order valence-electron chi connectivity index (χ3n) is 2.17. The molecule has 2 unspecified atom stereocenters. The maximum atomic E-state index is 9.53. The molecule has 1 saturated heterocycles. The first-order valence-electron chi connectivity index (χ1n) is 4.57. The average molecular weight is 330 g/mol. The highest BCUT2D eigenvalue weighted by atomic mass is 123. The molecule has 1 fully saturated rings. The Bertz CT molecular complexity index is 200. The molecule has 0 aromatic rings. The first-order valence-corrected chi connectivity index (χ1v) is 5.82. The van der Waals surface area contributed by atoms with Crippen molar-refractivity contribution in [3.05, 3.63) is 0 Å². The average Bonchev–Trinajstić information content (AvgIpc) is 2.18. The van der Waals surface area contributed by atoms with Crippen LogP contribution in [0.5, 0.6) is 0 Å². The number of alkyl halides is 1. The van der Waals surface area contributed by atoms with Crippen molar-refractivity contribution in [2.24, 2.45) is 0 Å². The Morgan fingerprint density at radius 2 is 1.87 bits per heavy atom. The lowest BCUT2D eigenvalue weighted by Gasteiger charge is -2.39. The van der Waals surface area contributed by atoms with E-state index in [9.17, 15) is 15.3 Å². The van der Waals surface area contributed by atoms with Crippen LogP contribution in [0.15, 0.2) is 0 Å². The molecular weight excluding hydrogens is 315 g/mol. The van der Waals surface area contributed by atoms with E-state index in [1.807, 2.05) is 22.6 Å². The standard InChI is InChI=1S/C8H15IO6/c1-3(9)14-8-7(13)6(12)5(11)4(2-10)15-8/h3-8,10-13H,2H2,1H3/t3?,4-,5+,6+,7-,8?/m1/s1/i9-4. The third kappa shape index (κ3) is 3.22. The van der Waals surface area contributed by atoms with Crippen LogP contribution in [0, 0.1) is 0 Å². The Morgan fingerprint density at radius 1 is 1.27 bits per heavy atom. The van der Waals surface area contributed by atoms with Gasteiger partial charge in [0.25, 0.3) is 0 Å². The summed E-state index contributed by atoms with van der Waals surface area (Å²) in [5.41, 5.74) is 0. The van der Waals surface area contributed by atoms with Gasteiger partial charge < -0.3 is 29.9 Å². The molecule has 7 heteroatoms. The Morgan fingerprint density at radius 3 is 2.33 bits per heavy atom. The summed E-state index contributed by atoms with van der Waals surface area (Å²) in [6.07, 6.45) is -5.98. The van der Waals surface area contributed by atoms with Gasteiger partial charge in [0.05, 0.1) is 6.61 Å². The van der Waals surface area contributed by atoms with Crippen molar-refractivity contribution in [1.29, 1.82) is 0 Å². The lowest BCUT2D eigenvalue weighted by atomic mass is 9.99. The molecule has 0 aromatic heterocycles. The fraction of sp³-hybridized carbons (Fsp3) is 1.00. The highest BCUT2D eigenvalue weighted by molar-refractivity contribution is 14.1. The number of ether oxygens (including phenoxy) is 2. The van der Waals surface area contributed by atoms with Gasteiger partial charge in [0, 0.05) is 0 Å². The van der Waals surface area contributed by atoms with Gasteiger partial charge >= 0.3 is 0 Å². The normalized spacial score (nSPS) is 44.0. The molecule has 1 aliphatic rings.